The number of nitrogens with one attached hydrogen (secondary N) is 2. The number of amides is 2. The van der Waals surface area contributed by atoms with Crippen molar-refractivity contribution in [2.24, 2.45) is 0 Å². The number of carbonyl (C=O) groups is 1. The van der Waals surface area contributed by atoms with Crippen molar-refractivity contribution < 1.29 is 13.2 Å². The summed E-state index contributed by atoms with van der Waals surface area (Å²) in [6.45, 7) is 1.62. The number of likely N-dealkylation sites (N-methyl/N-ethyl adjacent to an activating group) is 1. The minimum atomic E-state index is -3.46. The lowest BCUT2D eigenvalue weighted by molar-refractivity contribution is 0.244. The molecule has 2 N–H and O–H groups in total. The van der Waals surface area contributed by atoms with Crippen molar-refractivity contribution in [2.45, 2.75) is 30.2 Å². The molecule has 3 rings (SSSR count). The topological polar surface area (TPSA) is 81.8 Å². The van der Waals surface area contributed by atoms with Crippen molar-refractivity contribution in [1.82, 2.24) is 14.5 Å². The number of anilines is 1. The molecule has 0 saturated carbocycles. The maximum absolute atomic E-state index is 12.7. The summed E-state index contributed by atoms with van der Waals surface area (Å²) in [7, 11) is 0.493. The van der Waals surface area contributed by atoms with Crippen LogP contribution in [0.25, 0.3) is 0 Å². The molecule has 0 bridgehead atoms. The van der Waals surface area contributed by atoms with Gasteiger partial charge in [0.2, 0.25) is 10.0 Å². The largest absolute Gasteiger partial charge is 0.336 e. The Morgan fingerprint density at radius 2 is 1.83 bits per heavy atom. The van der Waals surface area contributed by atoms with E-state index < -0.39 is 10.0 Å². The van der Waals surface area contributed by atoms with Crippen LogP contribution in [-0.2, 0) is 10.0 Å². The average molecular weight is 437 g/mol. The van der Waals surface area contributed by atoms with E-state index in [-0.39, 0.29) is 17.0 Å². The van der Waals surface area contributed by atoms with E-state index in [1.54, 1.807) is 35.6 Å². The fourth-order valence-corrected chi connectivity index (χ4v) is 5.79. The number of piperidine rings is 1. The SMILES string of the molecule is CN(C)[C@H](CNC(=O)Nc1ccc(S(=O)(=O)N2CCCCC2)cc1)c1cccs1. The van der Waals surface area contributed by atoms with Crippen LogP contribution in [0, 0.1) is 0 Å². The maximum atomic E-state index is 12.7. The molecule has 0 spiro atoms. The van der Waals surface area contributed by atoms with Crippen molar-refractivity contribution in [3.63, 3.8) is 0 Å². The van der Waals surface area contributed by atoms with Gasteiger partial charge in [-0.3, -0.25) is 0 Å². The number of thiophene rings is 1. The summed E-state index contributed by atoms with van der Waals surface area (Å²) in [5.41, 5.74) is 0.553. The van der Waals surface area contributed by atoms with E-state index >= 15 is 0 Å². The molecular formula is C20H28N4O3S2. The van der Waals surface area contributed by atoms with Gasteiger partial charge in [0.25, 0.3) is 0 Å². The van der Waals surface area contributed by atoms with Crippen LogP contribution in [0.4, 0.5) is 10.5 Å². The van der Waals surface area contributed by atoms with Gasteiger partial charge in [0.15, 0.2) is 0 Å². The van der Waals surface area contributed by atoms with Crippen LogP contribution in [0.3, 0.4) is 0 Å². The Labute approximate surface area is 176 Å². The van der Waals surface area contributed by atoms with E-state index in [0.29, 0.717) is 25.3 Å². The van der Waals surface area contributed by atoms with Gasteiger partial charge in [-0.15, -0.1) is 11.3 Å². The molecule has 0 unspecified atom stereocenters. The molecule has 7 nitrogen and oxygen atoms in total. The van der Waals surface area contributed by atoms with Crippen LogP contribution >= 0.6 is 11.3 Å². The Hall–Kier alpha value is -1.94. The van der Waals surface area contributed by atoms with Gasteiger partial charge >= 0.3 is 6.03 Å². The molecule has 0 aliphatic carbocycles. The maximum Gasteiger partial charge on any atom is 0.319 e. The minimum Gasteiger partial charge on any atom is -0.336 e. The second-order valence-electron chi connectivity index (χ2n) is 7.32. The zero-order chi connectivity index (χ0) is 20.9. The van der Waals surface area contributed by atoms with Gasteiger partial charge in [-0.2, -0.15) is 4.31 Å². The highest BCUT2D eigenvalue weighted by Crippen LogP contribution is 2.23. The second-order valence-corrected chi connectivity index (χ2v) is 10.2. The Kier molecular flexibility index (Phi) is 7.28. The smallest absolute Gasteiger partial charge is 0.319 e. The lowest BCUT2D eigenvalue weighted by Gasteiger charge is -2.26. The summed E-state index contributed by atoms with van der Waals surface area (Å²) in [6, 6.07) is 10.2. The van der Waals surface area contributed by atoms with Gasteiger partial charge in [-0.1, -0.05) is 12.5 Å². The Morgan fingerprint density at radius 1 is 1.14 bits per heavy atom. The molecule has 2 aromatic rings. The standard InChI is InChI=1S/C20H28N4O3S2/c1-23(2)18(19-7-6-14-28-19)15-21-20(25)22-16-8-10-17(11-9-16)29(26,27)24-12-4-3-5-13-24/h6-11,14,18H,3-5,12-13,15H2,1-2H3,(H2,21,22,25)/t18-/m1/s1. The third-order valence-corrected chi connectivity index (χ3v) is 7.90. The second kappa shape index (κ2) is 9.71. The molecule has 9 heteroatoms. The number of nitrogens with zero attached hydrogens (tertiary/aromatic N) is 2. The van der Waals surface area contributed by atoms with Crippen LogP contribution < -0.4 is 10.6 Å². The third kappa shape index (κ3) is 5.57. The van der Waals surface area contributed by atoms with Gasteiger partial charge in [-0.05, 0) is 62.6 Å². The van der Waals surface area contributed by atoms with E-state index in [2.05, 4.69) is 21.6 Å². The first kappa shape index (κ1) is 21.8. The predicted molar refractivity (Wildman–Crippen MR) is 117 cm³/mol. The number of hydrogen-bond acceptors (Lipinski definition) is 5. The average Bonchev–Trinajstić information content (AvgIpc) is 3.23. The fourth-order valence-electron chi connectivity index (χ4n) is 3.35. The quantitative estimate of drug-likeness (QED) is 0.697. The summed E-state index contributed by atoms with van der Waals surface area (Å²) >= 11 is 1.66. The molecule has 1 fully saturated rings. The summed E-state index contributed by atoms with van der Waals surface area (Å²) in [6.07, 6.45) is 2.88. The van der Waals surface area contributed by atoms with Crippen molar-refractivity contribution in [1.29, 1.82) is 0 Å². The van der Waals surface area contributed by atoms with Gasteiger partial charge in [0.05, 0.1) is 10.9 Å². The first-order valence-corrected chi connectivity index (χ1v) is 12.0. The molecule has 1 aliphatic heterocycles. The van der Waals surface area contributed by atoms with E-state index in [9.17, 15) is 13.2 Å². The molecule has 2 amide bonds. The number of urea groups is 1. The monoisotopic (exact) mass is 436 g/mol. The van der Waals surface area contributed by atoms with Gasteiger partial charge in [0, 0.05) is 30.2 Å². The van der Waals surface area contributed by atoms with Gasteiger partial charge in [0.1, 0.15) is 0 Å². The molecule has 1 aliphatic rings. The van der Waals surface area contributed by atoms with Crippen LogP contribution in [0.5, 0.6) is 0 Å². The minimum absolute atomic E-state index is 0.0952. The highest BCUT2D eigenvalue weighted by molar-refractivity contribution is 7.89. The van der Waals surface area contributed by atoms with E-state index in [1.165, 1.54) is 9.18 Å². The van der Waals surface area contributed by atoms with E-state index in [4.69, 9.17) is 0 Å². The van der Waals surface area contributed by atoms with Crippen LogP contribution in [0.1, 0.15) is 30.2 Å². The molecule has 29 heavy (non-hydrogen) atoms. The van der Waals surface area contributed by atoms with Crippen molar-refractivity contribution in [3.8, 4) is 0 Å². The van der Waals surface area contributed by atoms with Crippen molar-refractivity contribution >= 4 is 33.1 Å². The molecule has 1 aromatic heterocycles. The highest BCUT2D eigenvalue weighted by Gasteiger charge is 2.25. The number of hydrogen-bond donors (Lipinski definition) is 2. The van der Waals surface area contributed by atoms with Crippen LogP contribution in [0.2, 0.25) is 0 Å². The lowest BCUT2D eigenvalue weighted by atomic mass is 10.2. The zero-order valence-corrected chi connectivity index (χ0v) is 18.4. The van der Waals surface area contributed by atoms with Crippen LogP contribution in [0.15, 0.2) is 46.7 Å². The van der Waals surface area contributed by atoms with E-state index in [0.717, 1.165) is 19.3 Å². The Morgan fingerprint density at radius 3 is 2.41 bits per heavy atom. The normalized spacial score (nSPS) is 16.5. The number of rotatable bonds is 7. The van der Waals surface area contributed by atoms with Gasteiger partial charge < -0.3 is 15.5 Å². The van der Waals surface area contributed by atoms with Gasteiger partial charge in [-0.25, -0.2) is 13.2 Å². The number of benzene rings is 1. The molecule has 1 aromatic carbocycles. The first-order valence-electron chi connectivity index (χ1n) is 9.73. The Balaban J connectivity index is 1.57. The van der Waals surface area contributed by atoms with Crippen LogP contribution in [-0.4, -0.2) is 57.4 Å². The number of sulfonamides is 1. The molecule has 1 saturated heterocycles. The molecule has 2 heterocycles. The summed E-state index contributed by atoms with van der Waals surface area (Å²) in [5.74, 6) is 0. The Bertz CT molecular complexity index is 890. The summed E-state index contributed by atoms with van der Waals surface area (Å²) < 4.78 is 26.9. The molecule has 0 radical (unpaired) electrons. The van der Waals surface area contributed by atoms with E-state index in [1.807, 2.05) is 25.5 Å². The molecule has 1 atom stereocenters. The van der Waals surface area contributed by atoms with Crippen molar-refractivity contribution in [2.75, 3.05) is 39.0 Å². The summed E-state index contributed by atoms with van der Waals surface area (Å²) in [4.78, 5) is 15.8. The highest BCUT2D eigenvalue weighted by atomic mass is 32.2. The number of carbonyl (C=O) groups excluding carboxylic acids is 1. The molecule has 158 valence electrons. The van der Waals surface area contributed by atoms with Crippen molar-refractivity contribution in [3.05, 3.63) is 46.7 Å². The first-order chi connectivity index (χ1) is 13.9. The summed E-state index contributed by atoms with van der Waals surface area (Å²) in [5, 5.41) is 7.67. The lowest BCUT2D eigenvalue weighted by Crippen LogP contribution is -2.36. The molecular weight excluding hydrogens is 408 g/mol. The third-order valence-electron chi connectivity index (χ3n) is 5.02. The zero-order valence-electron chi connectivity index (χ0n) is 16.8. The predicted octanol–water partition coefficient (Wildman–Crippen LogP) is 3.35. The fraction of sp³-hybridized carbons (Fsp3) is 0.450.